The lowest BCUT2D eigenvalue weighted by Crippen LogP contribution is -1.88. The van der Waals surface area contributed by atoms with Crippen LogP contribution >= 0.6 is 15.9 Å². The summed E-state index contributed by atoms with van der Waals surface area (Å²) < 4.78 is 2.85. The summed E-state index contributed by atoms with van der Waals surface area (Å²) in [6.07, 6.45) is 3.62. The third-order valence-corrected chi connectivity index (χ3v) is 2.08. The summed E-state index contributed by atoms with van der Waals surface area (Å²) in [6, 6.07) is 3.66. The summed E-state index contributed by atoms with van der Waals surface area (Å²) in [6.45, 7) is 0. The van der Waals surface area contributed by atoms with Crippen LogP contribution in [0.3, 0.4) is 0 Å². The van der Waals surface area contributed by atoms with Crippen molar-refractivity contribution in [1.29, 1.82) is 0 Å². The van der Waals surface area contributed by atoms with Gasteiger partial charge in [-0.3, -0.25) is 4.40 Å². The van der Waals surface area contributed by atoms with Gasteiger partial charge in [0, 0.05) is 18.0 Å². The van der Waals surface area contributed by atoms with Crippen molar-refractivity contribution in [1.82, 2.24) is 9.38 Å². The summed E-state index contributed by atoms with van der Waals surface area (Å²) in [5, 5.41) is 0. The lowest BCUT2D eigenvalue weighted by Gasteiger charge is -1.95. The van der Waals surface area contributed by atoms with Gasteiger partial charge in [-0.05, 0) is 22.0 Å². The first-order valence-corrected chi connectivity index (χ1v) is 3.95. The van der Waals surface area contributed by atoms with Crippen molar-refractivity contribution in [3.63, 3.8) is 0 Å². The molecule has 0 aliphatic rings. The number of halogens is 1. The monoisotopic (exact) mass is 211 g/mol. The molecule has 2 heterocycles. The molecule has 0 spiro atoms. The van der Waals surface area contributed by atoms with Gasteiger partial charge >= 0.3 is 0 Å². The van der Waals surface area contributed by atoms with Gasteiger partial charge in [0.2, 0.25) is 0 Å². The van der Waals surface area contributed by atoms with Crippen molar-refractivity contribution in [2.45, 2.75) is 0 Å². The van der Waals surface area contributed by atoms with Crippen molar-refractivity contribution in [3.05, 3.63) is 29.1 Å². The van der Waals surface area contributed by atoms with Crippen LogP contribution in [-0.4, -0.2) is 9.38 Å². The normalized spacial score (nSPS) is 10.6. The highest BCUT2D eigenvalue weighted by atomic mass is 79.9. The Hall–Kier alpha value is -1.03. The molecule has 0 radical (unpaired) electrons. The van der Waals surface area contributed by atoms with Gasteiger partial charge < -0.3 is 5.73 Å². The van der Waals surface area contributed by atoms with E-state index >= 15 is 0 Å². The van der Waals surface area contributed by atoms with Gasteiger partial charge in [0.15, 0.2) is 0 Å². The number of pyridine rings is 1. The molecule has 0 amide bonds. The smallest absolute Gasteiger partial charge is 0.139 e. The number of hydrogen-bond donors (Lipinski definition) is 1. The van der Waals surface area contributed by atoms with Crippen molar-refractivity contribution >= 4 is 27.3 Å². The van der Waals surface area contributed by atoms with Crippen LogP contribution < -0.4 is 5.73 Å². The standard InChI is InChI=1S/C7H6BrN3/c8-6-4-10-7-3-5(9)1-2-11(6)7/h1-4H,9H2. The number of aromatic nitrogens is 2. The zero-order chi connectivity index (χ0) is 7.84. The van der Waals surface area contributed by atoms with E-state index in [1.54, 1.807) is 6.20 Å². The average Bonchev–Trinajstić information content (AvgIpc) is 2.32. The maximum Gasteiger partial charge on any atom is 0.139 e. The summed E-state index contributed by atoms with van der Waals surface area (Å²) in [4.78, 5) is 4.12. The van der Waals surface area contributed by atoms with Crippen LogP contribution in [0.2, 0.25) is 0 Å². The Morgan fingerprint density at radius 2 is 2.36 bits per heavy atom. The summed E-state index contributed by atoms with van der Waals surface area (Å²) in [5.41, 5.74) is 7.15. The summed E-state index contributed by atoms with van der Waals surface area (Å²) in [5.74, 6) is 0. The van der Waals surface area contributed by atoms with E-state index < -0.39 is 0 Å². The lowest BCUT2D eigenvalue weighted by atomic mass is 10.4. The molecule has 3 nitrogen and oxygen atoms in total. The minimum absolute atomic E-state index is 0.732. The van der Waals surface area contributed by atoms with Crippen molar-refractivity contribution < 1.29 is 0 Å². The van der Waals surface area contributed by atoms with Crippen LogP contribution in [0, 0.1) is 0 Å². The molecule has 2 rings (SSSR count). The van der Waals surface area contributed by atoms with Crippen molar-refractivity contribution in [3.8, 4) is 0 Å². The SMILES string of the molecule is Nc1ccn2c(Br)cnc2c1. The van der Waals surface area contributed by atoms with E-state index in [0.717, 1.165) is 15.9 Å². The Bertz CT molecular complexity index is 393. The predicted octanol–water partition coefficient (Wildman–Crippen LogP) is 1.68. The summed E-state index contributed by atoms with van der Waals surface area (Å²) in [7, 11) is 0. The number of nitrogens with two attached hydrogens (primary N) is 1. The van der Waals surface area contributed by atoms with E-state index in [1.807, 2.05) is 22.7 Å². The maximum atomic E-state index is 5.56. The van der Waals surface area contributed by atoms with Crippen molar-refractivity contribution in [2.75, 3.05) is 5.73 Å². The number of anilines is 1. The molecule has 0 bridgehead atoms. The minimum Gasteiger partial charge on any atom is -0.399 e. The molecule has 4 heteroatoms. The van der Waals surface area contributed by atoms with Gasteiger partial charge in [-0.2, -0.15) is 0 Å². The number of nitrogens with zero attached hydrogens (tertiary/aromatic N) is 2. The molecule has 11 heavy (non-hydrogen) atoms. The summed E-state index contributed by atoms with van der Waals surface area (Å²) >= 11 is 3.35. The Labute approximate surface area is 72.0 Å². The molecule has 0 unspecified atom stereocenters. The third kappa shape index (κ3) is 0.991. The first-order chi connectivity index (χ1) is 5.27. The molecule has 0 saturated heterocycles. The largest absolute Gasteiger partial charge is 0.399 e. The molecule has 2 aromatic heterocycles. The van der Waals surface area contributed by atoms with Crippen LogP contribution in [0.15, 0.2) is 29.1 Å². The van der Waals surface area contributed by atoms with Crippen LogP contribution in [0.5, 0.6) is 0 Å². The Kier molecular flexibility index (Phi) is 1.35. The molecule has 2 N–H and O–H groups in total. The van der Waals surface area contributed by atoms with Crippen molar-refractivity contribution in [2.24, 2.45) is 0 Å². The Morgan fingerprint density at radius 1 is 1.55 bits per heavy atom. The molecule has 0 atom stereocenters. The highest BCUT2D eigenvalue weighted by molar-refractivity contribution is 9.10. The lowest BCUT2D eigenvalue weighted by molar-refractivity contribution is 1.16. The van der Waals surface area contributed by atoms with Gasteiger partial charge in [0.1, 0.15) is 10.3 Å². The topological polar surface area (TPSA) is 43.3 Å². The number of hydrogen-bond acceptors (Lipinski definition) is 2. The second-order valence-corrected chi connectivity index (χ2v) is 3.08. The fourth-order valence-electron chi connectivity index (χ4n) is 0.965. The number of rotatable bonds is 0. The highest BCUT2D eigenvalue weighted by Gasteiger charge is 1.97. The molecule has 56 valence electrons. The second-order valence-electron chi connectivity index (χ2n) is 2.27. The number of fused-ring (bicyclic) bond motifs is 1. The van der Waals surface area contributed by atoms with E-state index in [2.05, 4.69) is 20.9 Å². The highest BCUT2D eigenvalue weighted by Crippen LogP contribution is 2.14. The third-order valence-electron chi connectivity index (χ3n) is 1.49. The van der Waals surface area contributed by atoms with Crippen LogP contribution in [0.25, 0.3) is 5.65 Å². The number of imidazole rings is 1. The van der Waals surface area contributed by atoms with E-state index in [9.17, 15) is 0 Å². The zero-order valence-corrected chi connectivity index (χ0v) is 7.25. The Balaban J connectivity index is 2.86. The van der Waals surface area contributed by atoms with E-state index in [0.29, 0.717) is 0 Å². The van der Waals surface area contributed by atoms with E-state index in [-0.39, 0.29) is 0 Å². The predicted molar refractivity (Wildman–Crippen MR) is 47.3 cm³/mol. The molecule has 0 aliphatic heterocycles. The molecule has 0 saturated carbocycles. The molecule has 0 aliphatic carbocycles. The molecule has 0 fully saturated rings. The van der Waals surface area contributed by atoms with Crippen LogP contribution in [0.1, 0.15) is 0 Å². The van der Waals surface area contributed by atoms with E-state index in [4.69, 9.17) is 5.73 Å². The average molecular weight is 212 g/mol. The Morgan fingerprint density at radius 3 is 3.18 bits per heavy atom. The quantitative estimate of drug-likeness (QED) is 0.721. The molecular formula is C7H6BrN3. The zero-order valence-electron chi connectivity index (χ0n) is 5.66. The molecule has 2 aromatic rings. The fourth-order valence-corrected chi connectivity index (χ4v) is 1.37. The van der Waals surface area contributed by atoms with Gasteiger partial charge in [0.05, 0.1) is 6.20 Å². The van der Waals surface area contributed by atoms with Gasteiger partial charge in [-0.15, -0.1) is 0 Å². The first-order valence-electron chi connectivity index (χ1n) is 3.15. The minimum atomic E-state index is 0.732. The first kappa shape index (κ1) is 6.67. The number of nitrogen functional groups attached to an aromatic ring is 1. The van der Waals surface area contributed by atoms with Crippen LogP contribution in [0.4, 0.5) is 5.69 Å². The van der Waals surface area contributed by atoms with E-state index in [1.165, 1.54) is 0 Å². The van der Waals surface area contributed by atoms with Crippen LogP contribution in [-0.2, 0) is 0 Å². The van der Waals surface area contributed by atoms with Gasteiger partial charge in [0.25, 0.3) is 0 Å². The maximum absolute atomic E-state index is 5.56. The van der Waals surface area contributed by atoms with Gasteiger partial charge in [-0.25, -0.2) is 4.98 Å². The molecule has 0 aromatic carbocycles. The molecular weight excluding hydrogens is 206 g/mol. The van der Waals surface area contributed by atoms with Gasteiger partial charge in [-0.1, -0.05) is 0 Å². The fraction of sp³-hybridized carbons (Fsp3) is 0. The second kappa shape index (κ2) is 2.23.